The van der Waals surface area contributed by atoms with E-state index in [1.54, 1.807) is 19.5 Å². The number of hydrogen-bond donors (Lipinski definition) is 0. The molecule has 0 aliphatic rings. The average molecular weight is 265 g/mol. The summed E-state index contributed by atoms with van der Waals surface area (Å²) in [5.41, 5.74) is 1.92. The van der Waals surface area contributed by atoms with Crippen LogP contribution in [0.2, 0.25) is 0 Å². The molecular weight excluding hydrogens is 256 g/mol. The van der Waals surface area contributed by atoms with Crippen molar-refractivity contribution in [2.45, 2.75) is 0 Å². The molecule has 0 fully saturated rings. The predicted octanol–water partition coefficient (Wildman–Crippen LogP) is 2.91. The summed E-state index contributed by atoms with van der Waals surface area (Å²) in [6, 6.07) is 5.86. The van der Waals surface area contributed by atoms with Crippen molar-refractivity contribution in [3.05, 3.63) is 41.4 Å². The van der Waals surface area contributed by atoms with Crippen molar-refractivity contribution in [2.24, 2.45) is 0 Å². The Balaban J connectivity index is 2.58. The molecule has 4 heteroatoms. The standard InChI is InChI=1S/C11H9BrN2O/c1-15-11-9(3-2-4-10(11)12)8-5-13-7-14-6-8/h2-7H,1H3. The molecule has 1 aromatic heterocycles. The van der Waals surface area contributed by atoms with Crippen LogP contribution in [0.4, 0.5) is 0 Å². The number of methoxy groups -OCH3 is 1. The zero-order valence-electron chi connectivity index (χ0n) is 8.14. The first kappa shape index (κ1) is 10.1. The lowest BCUT2D eigenvalue weighted by molar-refractivity contribution is 0.414. The lowest BCUT2D eigenvalue weighted by atomic mass is 10.1. The Kier molecular flexibility index (Phi) is 2.97. The van der Waals surface area contributed by atoms with Gasteiger partial charge in [-0.3, -0.25) is 0 Å². The third kappa shape index (κ3) is 1.99. The quantitative estimate of drug-likeness (QED) is 0.837. The van der Waals surface area contributed by atoms with Crippen molar-refractivity contribution in [1.29, 1.82) is 0 Å². The number of ether oxygens (including phenoxy) is 1. The molecule has 1 aromatic carbocycles. The summed E-state index contributed by atoms with van der Waals surface area (Å²) in [5, 5.41) is 0. The number of nitrogens with zero attached hydrogens (tertiary/aromatic N) is 2. The maximum absolute atomic E-state index is 5.33. The molecule has 0 N–H and O–H groups in total. The molecule has 0 amide bonds. The van der Waals surface area contributed by atoms with Gasteiger partial charge in [-0.25, -0.2) is 9.97 Å². The van der Waals surface area contributed by atoms with E-state index in [1.165, 1.54) is 6.33 Å². The van der Waals surface area contributed by atoms with Crippen LogP contribution in [0.5, 0.6) is 5.75 Å². The van der Waals surface area contributed by atoms with Crippen LogP contribution in [-0.2, 0) is 0 Å². The van der Waals surface area contributed by atoms with Gasteiger partial charge >= 0.3 is 0 Å². The summed E-state index contributed by atoms with van der Waals surface area (Å²) in [5.74, 6) is 0.798. The summed E-state index contributed by atoms with van der Waals surface area (Å²) >= 11 is 3.44. The summed E-state index contributed by atoms with van der Waals surface area (Å²) in [6.45, 7) is 0. The zero-order valence-corrected chi connectivity index (χ0v) is 9.73. The highest BCUT2D eigenvalue weighted by molar-refractivity contribution is 9.10. The summed E-state index contributed by atoms with van der Waals surface area (Å²) in [4.78, 5) is 7.97. The third-order valence-electron chi connectivity index (χ3n) is 2.04. The van der Waals surface area contributed by atoms with E-state index in [0.717, 1.165) is 21.3 Å². The molecule has 3 nitrogen and oxygen atoms in total. The predicted molar refractivity (Wildman–Crippen MR) is 61.7 cm³/mol. The fourth-order valence-corrected chi connectivity index (χ4v) is 1.91. The van der Waals surface area contributed by atoms with Crippen LogP contribution in [-0.4, -0.2) is 17.1 Å². The Morgan fingerprint density at radius 1 is 1.20 bits per heavy atom. The van der Waals surface area contributed by atoms with Crippen LogP contribution >= 0.6 is 15.9 Å². The van der Waals surface area contributed by atoms with E-state index in [2.05, 4.69) is 25.9 Å². The molecule has 2 rings (SSSR count). The first-order valence-electron chi connectivity index (χ1n) is 4.41. The fourth-order valence-electron chi connectivity index (χ4n) is 1.38. The third-order valence-corrected chi connectivity index (χ3v) is 2.67. The Morgan fingerprint density at radius 3 is 2.60 bits per heavy atom. The van der Waals surface area contributed by atoms with Gasteiger partial charge in [-0.2, -0.15) is 0 Å². The van der Waals surface area contributed by atoms with Gasteiger partial charge in [0.05, 0.1) is 11.6 Å². The number of aromatic nitrogens is 2. The minimum Gasteiger partial charge on any atom is -0.495 e. The molecule has 0 atom stereocenters. The first-order valence-corrected chi connectivity index (χ1v) is 5.20. The Hall–Kier alpha value is -1.42. The highest BCUT2D eigenvalue weighted by Crippen LogP contribution is 2.35. The Morgan fingerprint density at radius 2 is 1.93 bits per heavy atom. The van der Waals surface area contributed by atoms with Crippen LogP contribution in [0.1, 0.15) is 0 Å². The van der Waals surface area contributed by atoms with Gasteiger partial charge < -0.3 is 4.74 Å². The molecule has 0 unspecified atom stereocenters. The van der Waals surface area contributed by atoms with Crippen LogP contribution < -0.4 is 4.74 Å². The number of rotatable bonds is 2. The molecule has 0 aliphatic heterocycles. The van der Waals surface area contributed by atoms with Gasteiger partial charge in [0.2, 0.25) is 0 Å². The molecule has 0 saturated carbocycles. The van der Waals surface area contributed by atoms with Gasteiger partial charge in [-0.05, 0) is 22.0 Å². The fraction of sp³-hybridized carbons (Fsp3) is 0.0909. The van der Waals surface area contributed by atoms with Crippen molar-refractivity contribution in [1.82, 2.24) is 9.97 Å². The minimum atomic E-state index is 0.798. The van der Waals surface area contributed by atoms with Crippen molar-refractivity contribution < 1.29 is 4.74 Å². The molecule has 15 heavy (non-hydrogen) atoms. The highest BCUT2D eigenvalue weighted by Gasteiger charge is 2.08. The van der Waals surface area contributed by atoms with Gasteiger partial charge in [0.15, 0.2) is 0 Å². The maximum Gasteiger partial charge on any atom is 0.140 e. The second-order valence-corrected chi connectivity index (χ2v) is 3.80. The van der Waals surface area contributed by atoms with E-state index in [-0.39, 0.29) is 0 Å². The van der Waals surface area contributed by atoms with Gasteiger partial charge in [-0.1, -0.05) is 12.1 Å². The van der Waals surface area contributed by atoms with Gasteiger partial charge in [0.1, 0.15) is 12.1 Å². The van der Waals surface area contributed by atoms with E-state index in [9.17, 15) is 0 Å². The molecule has 2 aromatic rings. The van der Waals surface area contributed by atoms with Crippen molar-refractivity contribution >= 4 is 15.9 Å². The van der Waals surface area contributed by atoms with Crippen LogP contribution in [0.3, 0.4) is 0 Å². The van der Waals surface area contributed by atoms with Crippen molar-refractivity contribution in [2.75, 3.05) is 7.11 Å². The normalized spacial score (nSPS) is 10.0. The van der Waals surface area contributed by atoms with Crippen molar-refractivity contribution in [3.63, 3.8) is 0 Å². The maximum atomic E-state index is 5.33. The Labute approximate surface area is 96.3 Å². The van der Waals surface area contributed by atoms with Crippen molar-refractivity contribution in [3.8, 4) is 16.9 Å². The molecule has 0 saturated heterocycles. The second-order valence-electron chi connectivity index (χ2n) is 2.95. The van der Waals surface area contributed by atoms with Crippen LogP contribution in [0.25, 0.3) is 11.1 Å². The molecule has 76 valence electrons. The van der Waals surface area contributed by atoms with E-state index in [1.807, 2.05) is 18.2 Å². The summed E-state index contributed by atoms with van der Waals surface area (Å²) < 4.78 is 6.25. The minimum absolute atomic E-state index is 0.798. The smallest absolute Gasteiger partial charge is 0.140 e. The number of benzene rings is 1. The topological polar surface area (TPSA) is 35.0 Å². The highest BCUT2D eigenvalue weighted by atomic mass is 79.9. The largest absolute Gasteiger partial charge is 0.495 e. The lowest BCUT2D eigenvalue weighted by Crippen LogP contribution is -1.90. The summed E-state index contributed by atoms with van der Waals surface area (Å²) in [6.07, 6.45) is 5.03. The number of halogens is 1. The van der Waals surface area contributed by atoms with E-state index < -0.39 is 0 Å². The van der Waals surface area contributed by atoms with E-state index in [0.29, 0.717) is 0 Å². The van der Waals surface area contributed by atoms with E-state index in [4.69, 9.17) is 4.74 Å². The number of hydrogen-bond acceptors (Lipinski definition) is 3. The monoisotopic (exact) mass is 264 g/mol. The number of para-hydroxylation sites is 1. The molecule has 1 heterocycles. The molecule has 0 radical (unpaired) electrons. The average Bonchev–Trinajstić information content (AvgIpc) is 2.30. The second kappa shape index (κ2) is 4.40. The van der Waals surface area contributed by atoms with E-state index >= 15 is 0 Å². The Bertz CT molecular complexity index is 459. The lowest BCUT2D eigenvalue weighted by Gasteiger charge is -2.09. The van der Waals surface area contributed by atoms with Gasteiger partial charge in [0, 0.05) is 23.5 Å². The zero-order chi connectivity index (χ0) is 10.7. The SMILES string of the molecule is COc1c(Br)cccc1-c1cncnc1. The van der Waals surface area contributed by atoms with Crippen LogP contribution in [0.15, 0.2) is 41.4 Å². The van der Waals surface area contributed by atoms with Crippen LogP contribution in [0, 0.1) is 0 Å². The molecular formula is C11H9BrN2O. The molecule has 0 aliphatic carbocycles. The molecule has 0 spiro atoms. The first-order chi connectivity index (χ1) is 7.33. The summed E-state index contributed by atoms with van der Waals surface area (Å²) in [7, 11) is 1.65. The van der Waals surface area contributed by atoms with Gasteiger partial charge in [-0.15, -0.1) is 0 Å². The van der Waals surface area contributed by atoms with Gasteiger partial charge in [0.25, 0.3) is 0 Å². The molecule has 0 bridgehead atoms.